The van der Waals surface area contributed by atoms with E-state index in [2.05, 4.69) is 28.1 Å². The molecule has 0 radical (unpaired) electrons. The molecule has 0 spiro atoms. The van der Waals surface area contributed by atoms with Gasteiger partial charge in [0.25, 0.3) is 0 Å². The molecule has 0 saturated heterocycles. The predicted octanol–water partition coefficient (Wildman–Crippen LogP) is 0.693. The molecule has 0 rings (SSSR count). The Labute approximate surface area is 109 Å². The molecule has 0 heterocycles. The lowest BCUT2D eigenvalue weighted by Crippen LogP contribution is -3.00. The molecular formula is C12H30IN. The smallest absolute Gasteiger partial charge is 0.0780 e. The van der Waals surface area contributed by atoms with Gasteiger partial charge in [-0.2, -0.15) is 0 Å². The summed E-state index contributed by atoms with van der Waals surface area (Å²) in [5.41, 5.74) is 0. The summed E-state index contributed by atoms with van der Waals surface area (Å²) in [6.07, 6.45) is 7.00. The van der Waals surface area contributed by atoms with E-state index in [1.165, 1.54) is 38.6 Å². The minimum Gasteiger partial charge on any atom is -1.00 e. The Morgan fingerprint density at radius 3 is 1.57 bits per heavy atom. The fourth-order valence-electron chi connectivity index (χ4n) is 1.19. The molecule has 14 heavy (non-hydrogen) atoms. The average Bonchev–Trinajstić information content (AvgIpc) is 2.06. The van der Waals surface area contributed by atoms with Gasteiger partial charge in [-0.1, -0.05) is 40.0 Å². The monoisotopic (exact) mass is 315 g/mol. The molecular weight excluding hydrogens is 285 g/mol. The van der Waals surface area contributed by atoms with Gasteiger partial charge in [-0.15, -0.1) is 0 Å². The number of unbranched alkanes of at least 4 members (excludes halogenated alkanes) is 4. The molecule has 0 aromatic carbocycles. The van der Waals surface area contributed by atoms with Crippen LogP contribution in [0, 0.1) is 0 Å². The van der Waals surface area contributed by atoms with Crippen LogP contribution in [0.5, 0.6) is 0 Å². The van der Waals surface area contributed by atoms with Crippen molar-refractivity contribution in [1.29, 1.82) is 0 Å². The summed E-state index contributed by atoms with van der Waals surface area (Å²) in [5, 5.41) is 0. The van der Waals surface area contributed by atoms with Crippen LogP contribution < -0.4 is 24.0 Å². The molecule has 0 aromatic rings. The predicted molar refractivity (Wildman–Crippen MR) is 63.0 cm³/mol. The van der Waals surface area contributed by atoms with Crippen molar-refractivity contribution >= 4 is 0 Å². The van der Waals surface area contributed by atoms with Crippen LogP contribution in [0.15, 0.2) is 0 Å². The molecule has 0 aliphatic heterocycles. The van der Waals surface area contributed by atoms with E-state index in [1.807, 2.05) is 13.8 Å². The minimum atomic E-state index is 0. The zero-order valence-corrected chi connectivity index (χ0v) is 13.2. The van der Waals surface area contributed by atoms with Crippen molar-refractivity contribution in [3.05, 3.63) is 0 Å². The maximum Gasteiger partial charge on any atom is 0.0780 e. The van der Waals surface area contributed by atoms with Crippen LogP contribution in [0.1, 0.15) is 52.9 Å². The van der Waals surface area contributed by atoms with E-state index >= 15 is 0 Å². The van der Waals surface area contributed by atoms with E-state index in [4.69, 9.17) is 0 Å². The van der Waals surface area contributed by atoms with Crippen molar-refractivity contribution in [2.24, 2.45) is 0 Å². The number of rotatable bonds is 6. The van der Waals surface area contributed by atoms with Gasteiger partial charge in [0.1, 0.15) is 0 Å². The number of hydrogen-bond donors (Lipinski definition) is 0. The highest BCUT2D eigenvalue weighted by atomic mass is 127. The second kappa shape index (κ2) is 13.7. The summed E-state index contributed by atoms with van der Waals surface area (Å²) in [4.78, 5) is 0. The molecule has 0 bridgehead atoms. The van der Waals surface area contributed by atoms with Gasteiger partial charge in [-0.25, -0.2) is 0 Å². The van der Waals surface area contributed by atoms with Gasteiger partial charge in [0.15, 0.2) is 0 Å². The van der Waals surface area contributed by atoms with Gasteiger partial charge >= 0.3 is 0 Å². The molecule has 1 nitrogen and oxygen atoms in total. The van der Waals surface area contributed by atoms with E-state index < -0.39 is 0 Å². The van der Waals surface area contributed by atoms with Crippen molar-refractivity contribution in [1.82, 2.24) is 0 Å². The first-order valence-electron chi connectivity index (χ1n) is 5.86. The van der Waals surface area contributed by atoms with Gasteiger partial charge in [0.05, 0.1) is 27.7 Å². The Balaban J connectivity index is -0.000000376. The lowest BCUT2D eigenvalue weighted by Gasteiger charge is -2.23. The SMILES string of the molecule is CC.CCCCCCC[N+](C)(C)C.[I-]. The molecule has 0 amide bonds. The standard InChI is InChI=1S/C10H24N.C2H6.HI/c1-5-6-7-8-9-10-11(2,3)4;1-2;/h5-10H2,1-4H3;1-2H3;1H/q+1;;/p-1. The van der Waals surface area contributed by atoms with Crippen molar-refractivity contribution in [3.8, 4) is 0 Å². The Hall–Kier alpha value is 0.690. The van der Waals surface area contributed by atoms with Crippen LogP contribution in [-0.2, 0) is 0 Å². The third kappa shape index (κ3) is 23.0. The van der Waals surface area contributed by atoms with E-state index in [9.17, 15) is 0 Å². The fraction of sp³-hybridized carbons (Fsp3) is 1.00. The second-order valence-corrected chi connectivity index (χ2v) is 4.43. The molecule has 2 heteroatoms. The third-order valence-electron chi connectivity index (χ3n) is 1.93. The van der Waals surface area contributed by atoms with Crippen LogP contribution >= 0.6 is 0 Å². The summed E-state index contributed by atoms with van der Waals surface area (Å²) >= 11 is 0. The molecule has 0 fully saturated rings. The first-order chi connectivity index (χ1) is 6.06. The van der Waals surface area contributed by atoms with Crippen LogP contribution in [-0.4, -0.2) is 32.2 Å². The first kappa shape index (κ1) is 20.1. The zero-order chi connectivity index (χ0) is 10.7. The molecule has 0 aliphatic carbocycles. The van der Waals surface area contributed by atoms with E-state index in [0.717, 1.165) is 4.48 Å². The Morgan fingerprint density at radius 1 is 0.786 bits per heavy atom. The molecule has 0 aliphatic rings. The average molecular weight is 315 g/mol. The van der Waals surface area contributed by atoms with Crippen LogP contribution in [0.3, 0.4) is 0 Å². The summed E-state index contributed by atoms with van der Waals surface area (Å²) < 4.78 is 1.12. The van der Waals surface area contributed by atoms with E-state index in [-0.39, 0.29) is 24.0 Å². The first-order valence-corrected chi connectivity index (χ1v) is 5.86. The van der Waals surface area contributed by atoms with Crippen molar-refractivity contribution in [2.45, 2.75) is 52.9 Å². The van der Waals surface area contributed by atoms with E-state index in [0.29, 0.717) is 0 Å². The highest BCUT2D eigenvalue weighted by molar-refractivity contribution is 4.40. The zero-order valence-electron chi connectivity index (χ0n) is 11.1. The minimum absolute atomic E-state index is 0. The van der Waals surface area contributed by atoms with Crippen molar-refractivity contribution < 1.29 is 28.5 Å². The molecule has 0 N–H and O–H groups in total. The lowest BCUT2D eigenvalue weighted by atomic mass is 10.1. The highest BCUT2D eigenvalue weighted by Crippen LogP contribution is 2.04. The van der Waals surface area contributed by atoms with Crippen molar-refractivity contribution in [3.63, 3.8) is 0 Å². The highest BCUT2D eigenvalue weighted by Gasteiger charge is 2.04. The van der Waals surface area contributed by atoms with Gasteiger partial charge < -0.3 is 28.5 Å². The Bertz CT molecular complexity index is 86.8. The van der Waals surface area contributed by atoms with Crippen molar-refractivity contribution in [2.75, 3.05) is 27.7 Å². The Kier molecular flexibility index (Phi) is 19.7. The number of quaternary nitrogens is 1. The largest absolute Gasteiger partial charge is 1.00 e. The van der Waals surface area contributed by atoms with Crippen LogP contribution in [0.4, 0.5) is 0 Å². The summed E-state index contributed by atoms with van der Waals surface area (Å²) in [6.45, 7) is 7.59. The second-order valence-electron chi connectivity index (χ2n) is 4.43. The van der Waals surface area contributed by atoms with Crippen LogP contribution in [0.2, 0.25) is 0 Å². The lowest BCUT2D eigenvalue weighted by molar-refractivity contribution is -0.870. The fourth-order valence-corrected chi connectivity index (χ4v) is 1.19. The van der Waals surface area contributed by atoms with E-state index in [1.54, 1.807) is 0 Å². The molecule has 0 unspecified atom stereocenters. The Morgan fingerprint density at radius 2 is 1.21 bits per heavy atom. The van der Waals surface area contributed by atoms with Gasteiger partial charge in [-0.05, 0) is 12.8 Å². The number of halogens is 1. The maximum absolute atomic E-state index is 2.26. The summed E-state index contributed by atoms with van der Waals surface area (Å²) in [5.74, 6) is 0. The van der Waals surface area contributed by atoms with Gasteiger partial charge in [0, 0.05) is 0 Å². The summed E-state index contributed by atoms with van der Waals surface area (Å²) in [7, 11) is 6.79. The molecule has 0 aromatic heterocycles. The number of nitrogens with zero attached hydrogens (tertiary/aromatic N) is 1. The maximum atomic E-state index is 2.26. The van der Waals surface area contributed by atoms with Crippen LogP contribution in [0.25, 0.3) is 0 Å². The third-order valence-corrected chi connectivity index (χ3v) is 1.93. The summed E-state index contributed by atoms with van der Waals surface area (Å²) in [6, 6.07) is 0. The topological polar surface area (TPSA) is 0 Å². The van der Waals surface area contributed by atoms with Gasteiger partial charge in [-0.3, -0.25) is 0 Å². The van der Waals surface area contributed by atoms with Gasteiger partial charge in [0.2, 0.25) is 0 Å². The molecule has 0 saturated carbocycles. The molecule has 90 valence electrons. The molecule has 0 atom stereocenters. The number of hydrogen-bond acceptors (Lipinski definition) is 0. The normalized spacial score (nSPS) is 9.86. The quantitative estimate of drug-likeness (QED) is 0.384.